The summed E-state index contributed by atoms with van der Waals surface area (Å²) >= 11 is 0. The SMILES string of the molecule is C=CCN1C(=O)O[C@@H](C)[C@@H]1C. The minimum absolute atomic E-state index is 0.00227. The summed E-state index contributed by atoms with van der Waals surface area (Å²) in [6.45, 7) is 8.01. The van der Waals surface area contributed by atoms with E-state index in [-0.39, 0.29) is 18.2 Å². The molecule has 0 saturated carbocycles. The fraction of sp³-hybridized carbons (Fsp3) is 0.625. The largest absolute Gasteiger partial charge is 0.444 e. The van der Waals surface area contributed by atoms with Gasteiger partial charge in [-0.25, -0.2) is 4.79 Å². The number of rotatable bonds is 2. The van der Waals surface area contributed by atoms with Crippen LogP contribution >= 0.6 is 0 Å². The quantitative estimate of drug-likeness (QED) is 0.564. The van der Waals surface area contributed by atoms with Gasteiger partial charge in [-0.05, 0) is 13.8 Å². The molecule has 1 fully saturated rings. The van der Waals surface area contributed by atoms with Crippen molar-refractivity contribution in [1.29, 1.82) is 0 Å². The molecule has 0 spiro atoms. The van der Waals surface area contributed by atoms with E-state index in [1.165, 1.54) is 0 Å². The van der Waals surface area contributed by atoms with Crippen LogP contribution in [0.1, 0.15) is 13.8 Å². The molecule has 3 heteroatoms. The average Bonchev–Trinajstić information content (AvgIpc) is 2.17. The van der Waals surface area contributed by atoms with Gasteiger partial charge in [0, 0.05) is 6.54 Å². The summed E-state index contributed by atoms with van der Waals surface area (Å²) in [4.78, 5) is 12.7. The van der Waals surface area contributed by atoms with Gasteiger partial charge in [-0.1, -0.05) is 6.08 Å². The van der Waals surface area contributed by atoms with Gasteiger partial charge in [0.25, 0.3) is 0 Å². The standard InChI is InChI=1S/C8H13NO2/c1-4-5-9-6(2)7(3)11-8(9)10/h4,6-7H,1,5H2,2-3H3/t6-,7-/m0/s1. The van der Waals surface area contributed by atoms with Crippen LogP contribution in [0.3, 0.4) is 0 Å². The van der Waals surface area contributed by atoms with Crippen molar-refractivity contribution in [3.05, 3.63) is 12.7 Å². The summed E-state index contributed by atoms with van der Waals surface area (Å²) in [5.41, 5.74) is 0. The lowest BCUT2D eigenvalue weighted by Gasteiger charge is -2.16. The third-order valence-corrected chi connectivity index (χ3v) is 2.02. The first-order valence-electron chi connectivity index (χ1n) is 3.75. The van der Waals surface area contributed by atoms with Gasteiger partial charge in [0.15, 0.2) is 0 Å². The molecule has 1 heterocycles. The zero-order valence-electron chi connectivity index (χ0n) is 6.91. The zero-order valence-corrected chi connectivity index (χ0v) is 6.91. The van der Waals surface area contributed by atoms with Gasteiger partial charge in [-0.2, -0.15) is 0 Å². The van der Waals surface area contributed by atoms with E-state index in [9.17, 15) is 4.79 Å². The second-order valence-corrected chi connectivity index (χ2v) is 2.77. The molecule has 0 unspecified atom stereocenters. The lowest BCUT2D eigenvalue weighted by Crippen LogP contribution is -2.33. The van der Waals surface area contributed by atoms with Crippen LogP contribution in [0, 0.1) is 0 Å². The normalized spacial score (nSPS) is 30.4. The Morgan fingerprint density at radius 1 is 1.73 bits per heavy atom. The molecule has 1 aliphatic rings. The lowest BCUT2D eigenvalue weighted by atomic mass is 10.2. The highest BCUT2D eigenvalue weighted by Gasteiger charge is 2.34. The lowest BCUT2D eigenvalue weighted by molar-refractivity contribution is 0.138. The first kappa shape index (κ1) is 8.11. The van der Waals surface area contributed by atoms with E-state index < -0.39 is 0 Å². The Bertz CT molecular complexity index is 179. The smallest absolute Gasteiger partial charge is 0.410 e. The van der Waals surface area contributed by atoms with Gasteiger partial charge in [0.1, 0.15) is 6.10 Å². The second-order valence-electron chi connectivity index (χ2n) is 2.77. The number of hydrogen-bond donors (Lipinski definition) is 0. The van der Waals surface area contributed by atoms with Gasteiger partial charge in [0.2, 0.25) is 0 Å². The summed E-state index contributed by atoms with van der Waals surface area (Å²) in [5, 5.41) is 0. The summed E-state index contributed by atoms with van der Waals surface area (Å²) in [7, 11) is 0. The minimum Gasteiger partial charge on any atom is -0.444 e. The molecule has 1 amide bonds. The molecule has 0 bridgehead atoms. The maximum atomic E-state index is 11.0. The fourth-order valence-corrected chi connectivity index (χ4v) is 1.12. The van der Waals surface area contributed by atoms with Crippen LogP contribution in [0.2, 0.25) is 0 Å². The summed E-state index contributed by atoms with van der Waals surface area (Å²) < 4.78 is 4.98. The van der Waals surface area contributed by atoms with Crippen LogP contribution in [-0.2, 0) is 4.74 Å². The van der Waals surface area contributed by atoms with Crippen molar-refractivity contribution < 1.29 is 9.53 Å². The van der Waals surface area contributed by atoms with Crippen LogP contribution in [-0.4, -0.2) is 29.7 Å². The van der Waals surface area contributed by atoms with E-state index in [0.29, 0.717) is 6.54 Å². The number of amides is 1. The first-order valence-corrected chi connectivity index (χ1v) is 3.75. The third-order valence-electron chi connectivity index (χ3n) is 2.02. The average molecular weight is 155 g/mol. The maximum absolute atomic E-state index is 11.0. The van der Waals surface area contributed by atoms with Crippen LogP contribution in [0.5, 0.6) is 0 Å². The van der Waals surface area contributed by atoms with E-state index in [2.05, 4.69) is 6.58 Å². The molecule has 62 valence electrons. The van der Waals surface area contributed by atoms with Gasteiger partial charge in [-0.3, -0.25) is 4.90 Å². The Hall–Kier alpha value is -0.990. The predicted octanol–water partition coefficient (Wildman–Crippen LogP) is 1.40. The zero-order chi connectivity index (χ0) is 8.43. The number of hydrogen-bond acceptors (Lipinski definition) is 2. The molecular formula is C8H13NO2. The molecule has 1 saturated heterocycles. The molecule has 0 aliphatic carbocycles. The summed E-state index contributed by atoms with van der Waals surface area (Å²) in [6.07, 6.45) is 1.47. The highest BCUT2D eigenvalue weighted by atomic mass is 16.6. The van der Waals surface area contributed by atoms with Crippen molar-refractivity contribution in [3.8, 4) is 0 Å². The van der Waals surface area contributed by atoms with E-state index in [0.717, 1.165) is 0 Å². The summed E-state index contributed by atoms with van der Waals surface area (Å²) in [5.74, 6) is 0. The third kappa shape index (κ3) is 1.37. The molecular weight excluding hydrogens is 142 g/mol. The number of ether oxygens (including phenoxy) is 1. The topological polar surface area (TPSA) is 29.5 Å². The van der Waals surface area contributed by atoms with E-state index in [1.807, 2.05) is 13.8 Å². The van der Waals surface area contributed by atoms with E-state index in [4.69, 9.17) is 4.74 Å². The number of carbonyl (C=O) groups is 1. The van der Waals surface area contributed by atoms with Gasteiger partial charge in [-0.15, -0.1) is 6.58 Å². The van der Waals surface area contributed by atoms with Crippen LogP contribution in [0.25, 0.3) is 0 Å². The van der Waals surface area contributed by atoms with Crippen LogP contribution < -0.4 is 0 Å². The van der Waals surface area contributed by atoms with Crippen molar-refractivity contribution in [1.82, 2.24) is 4.90 Å². The van der Waals surface area contributed by atoms with Gasteiger partial charge in [0.05, 0.1) is 6.04 Å². The Balaban J connectivity index is 2.63. The number of cyclic esters (lactones) is 1. The second kappa shape index (κ2) is 2.95. The molecule has 1 rings (SSSR count). The fourth-order valence-electron chi connectivity index (χ4n) is 1.12. The minimum atomic E-state index is -0.232. The molecule has 0 aromatic carbocycles. The molecule has 0 aromatic rings. The Morgan fingerprint density at radius 3 is 2.73 bits per heavy atom. The monoisotopic (exact) mass is 155 g/mol. The van der Waals surface area contributed by atoms with Crippen molar-refractivity contribution in [2.75, 3.05) is 6.54 Å². The van der Waals surface area contributed by atoms with Crippen molar-refractivity contribution in [3.63, 3.8) is 0 Å². The first-order chi connectivity index (χ1) is 5.16. The highest BCUT2D eigenvalue weighted by molar-refractivity contribution is 5.70. The molecule has 0 aromatic heterocycles. The Morgan fingerprint density at radius 2 is 2.36 bits per heavy atom. The molecule has 2 atom stereocenters. The molecule has 11 heavy (non-hydrogen) atoms. The Labute approximate surface area is 66.6 Å². The van der Waals surface area contributed by atoms with Crippen LogP contribution in [0.15, 0.2) is 12.7 Å². The Kier molecular flexibility index (Phi) is 2.17. The molecule has 3 nitrogen and oxygen atoms in total. The van der Waals surface area contributed by atoms with Crippen molar-refractivity contribution in [2.45, 2.75) is 26.0 Å². The number of nitrogens with zero attached hydrogens (tertiary/aromatic N) is 1. The molecule has 0 N–H and O–H groups in total. The molecule has 0 radical (unpaired) electrons. The van der Waals surface area contributed by atoms with Crippen molar-refractivity contribution in [2.24, 2.45) is 0 Å². The van der Waals surface area contributed by atoms with E-state index >= 15 is 0 Å². The maximum Gasteiger partial charge on any atom is 0.410 e. The number of carbonyl (C=O) groups excluding carboxylic acids is 1. The van der Waals surface area contributed by atoms with Gasteiger partial charge < -0.3 is 4.74 Å². The summed E-state index contributed by atoms with van der Waals surface area (Å²) in [6, 6.07) is 0.167. The highest BCUT2D eigenvalue weighted by Crippen LogP contribution is 2.17. The van der Waals surface area contributed by atoms with Gasteiger partial charge >= 0.3 is 6.09 Å². The predicted molar refractivity (Wildman–Crippen MR) is 42.3 cm³/mol. The van der Waals surface area contributed by atoms with Crippen LogP contribution in [0.4, 0.5) is 4.79 Å². The van der Waals surface area contributed by atoms with E-state index in [1.54, 1.807) is 11.0 Å². The van der Waals surface area contributed by atoms with Crippen molar-refractivity contribution >= 4 is 6.09 Å². The molecule has 1 aliphatic heterocycles.